The predicted octanol–water partition coefficient (Wildman–Crippen LogP) is 1.50. The van der Waals surface area contributed by atoms with Gasteiger partial charge in [0, 0.05) is 12.1 Å². The van der Waals surface area contributed by atoms with Gasteiger partial charge in [-0.3, -0.25) is 10.1 Å². The molecule has 0 spiro atoms. The average Bonchev–Trinajstić information content (AvgIpc) is 2.38. The van der Waals surface area contributed by atoms with Crippen molar-refractivity contribution in [2.45, 2.75) is 24.5 Å². The molecule has 0 N–H and O–H groups in total. The van der Waals surface area contributed by atoms with Crippen LogP contribution in [-0.2, 0) is 19.4 Å². The van der Waals surface area contributed by atoms with Crippen molar-refractivity contribution >= 4 is 22.0 Å². The highest BCUT2D eigenvalue weighted by Crippen LogP contribution is 2.27. The number of ether oxygens (including phenoxy) is 1. The van der Waals surface area contributed by atoms with Gasteiger partial charge in [0.15, 0.2) is 9.84 Å². The van der Waals surface area contributed by atoms with Crippen LogP contribution in [0.25, 0.3) is 0 Å². The molecule has 0 saturated heterocycles. The van der Waals surface area contributed by atoms with Crippen molar-refractivity contribution < 1.29 is 22.9 Å². The van der Waals surface area contributed by atoms with Crippen LogP contribution in [0.2, 0.25) is 0 Å². The number of hydrogen-bond acceptors (Lipinski definition) is 6. The van der Waals surface area contributed by atoms with Crippen LogP contribution in [0.5, 0.6) is 0 Å². The Hall–Kier alpha value is -1.96. The largest absolute Gasteiger partial charge is 0.438 e. The van der Waals surface area contributed by atoms with Crippen molar-refractivity contribution in [3.63, 3.8) is 0 Å². The first-order chi connectivity index (χ1) is 8.80. The van der Waals surface area contributed by atoms with Gasteiger partial charge in [0.05, 0.1) is 10.2 Å². The van der Waals surface area contributed by atoms with E-state index in [0.29, 0.717) is 5.56 Å². The van der Waals surface area contributed by atoms with E-state index in [1.54, 1.807) is 0 Å². The molecule has 8 heteroatoms. The smallest absolute Gasteiger partial charge is 0.418 e. The number of nitrogens with zero attached hydrogens (tertiary/aromatic N) is 1. The molecule has 1 aromatic rings. The quantitative estimate of drug-likeness (QED) is 0.579. The van der Waals surface area contributed by atoms with Crippen molar-refractivity contribution in [3.8, 4) is 0 Å². The first-order valence-electron chi connectivity index (χ1n) is 5.30. The molecular weight excluding hydrogens is 274 g/mol. The Morgan fingerprint density at radius 2 is 1.79 bits per heavy atom. The first-order valence-corrected chi connectivity index (χ1v) is 6.91. The van der Waals surface area contributed by atoms with Crippen LogP contribution in [0.1, 0.15) is 24.7 Å². The van der Waals surface area contributed by atoms with E-state index in [2.05, 4.69) is 4.74 Å². The Morgan fingerprint density at radius 3 is 2.21 bits per heavy atom. The molecule has 7 nitrogen and oxygen atoms in total. The fourth-order valence-corrected chi connectivity index (χ4v) is 2.76. The van der Waals surface area contributed by atoms with Crippen LogP contribution < -0.4 is 0 Å². The summed E-state index contributed by atoms with van der Waals surface area (Å²) >= 11 is 0. The third-order valence-corrected chi connectivity index (χ3v) is 5.02. The lowest BCUT2D eigenvalue weighted by Crippen LogP contribution is -2.25. The lowest BCUT2D eigenvalue weighted by atomic mass is 10.1. The highest BCUT2D eigenvalue weighted by molar-refractivity contribution is 7.92. The van der Waals surface area contributed by atoms with Gasteiger partial charge in [-0.2, -0.15) is 0 Å². The number of hydrogen-bond donors (Lipinski definition) is 0. The van der Waals surface area contributed by atoms with Gasteiger partial charge < -0.3 is 4.74 Å². The number of benzene rings is 1. The molecule has 0 fully saturated rings. The SMILES string of the molecule is CC(O[C]=O)S(=O)(=O)C(C)c1ccc([N+](=O)[O-])cc1. The topological polar surface area (TPSA) is 104 Å². The number of non-ortho nitro benzene ring substituents is 1. The minimum atomic E-state index is -3.74. The maximum Gasteiger partial charge on any atom is 0.418 e. The third-order valence-electron chi connectivity index (χ3n) is 2.74. The van der Waals surface area contributed by atoms with Crippen molar-refractivity contribution in [1.82, 2.24) is 0 Å². The summed E-state index contributed by atoms with van der Waals surface area (Å²) in [5, 5.41) is 9.55. The Kier molecular flexibility index (Phi) is 4.60. The van der Waals surface area contributed by atoms with Crippen molar-refractivity contribution in [1.29, 1.82) is 0 Å². The summed E-state index contributed by atoms with van der Waals surface area (Å²) in [6.07, 6.45) is 0. The number of rotatable bonds is 6. The molecule has 1 aromatic carbocycles. The molecule has 0 aliphatic rings. The maximum absolute atomic E-state index is 12.0. The van der Waals surface area contributed by atoms with Crippen LogP contribution in [-0.4, -0.2) is 25.2 Å². The van der Waals surface area contributed by atoms with Crippen molar-refractivity contribution in [3.05, 3.63) is 39.9 Å². The normalized spacial score (nSPS) is 14.4. The van der Waals surface area contributed by atoms with Gasteiger partial charge in [0.2, 0.25) is 5.44 Å². The molecule has 0 heterocycles. The summed E-state index contributed by atoms with van der Waals surface area (Å²) in [5.74, 6) is 0. The summed E-state index contributed by atoms with van der Waals surface area (Å²) in [7, 11) is -3.74. The Balaban J connectivity index is 3.02. The molecule has 0 amide bonds. The van der Waals surface area contributed by atoms with Gasteiger partial charge in [-0.05, 0) is 19.4 Å². The fourth-order valence-electron chi connectivity index (χ4n) is 1.48. The van der Waals surface area contributed by atoms with E-state index >= 15 is 0 Å². The Labute approximate surface area is 110 Å². The molecule has 0 aliphatic heterocycles. The van der Waals surface area contributed by atoms with Gasteiger partial charge in [-0.1, -0.05) is 12.1 Å². The monoisotopic (exact) mass is 286 g/mol. The molecule has 103 valence electrons. The third kappa shape index (κ3) is 3.28. The number of carbonyl (C=O) groups excluding carboxylic acids is 1. The van der Waals surface area contributed by atoms with Crippen LogP contribution in [0.4, 0.5) is 5.69 Å². The molecule has 0 aromatic heterocycles. The molecule has 19 heavy (non-hydrogen) atoms. The van der Waals surface area contributed by atoms with Gasteiger partial charge in [-0.15, -0.1) is 0 Å². The number of nitro groups is 1. The van der Waals surface area contributed by atoms with Gasteiger partial charge in [0.25, 0.3) is 5.69 Å². The molecule has 0 aliphatic carbocycles. The average molecular weight is 286 g/mol. The molecule has 1 rings (SSSR count). The highest BCUT2D eigenvalue weighted by Gasteiger charge is 2.30. The van der Waals surface area contributed by atoms with Gasteiger partial charge in [-0.25, -0.2) is 13.2 Å². The zero-order chi connectivity index (χ0) is 14.6. The second-order valence-electron chi connectivity index (χ2n) is 3.85. The Bertz CT molecular complexity index is 565. The number of sulfone groups is 1. The summed E-state index contributed by atoms with van der Waals surface area (Å²) in [5.41, 5.74) is -1.07. The maximum atomic E-state index is 12.0. The molecular formula is C11H12NO6S. The molecule has 0 saturated carbocycles. The van der Waals surface area contributed by atoms with Gasteiger partial charge >= 0.3 is 6.47 Å². The lowest BCUT2D eigenvalue weighted by Gasteiger charge is -2.17. The molecule has 1 radical (unpaired) electrons. The van der Waals surface area contributed by atoms with Crippen LogP contribution >= 0.6 is 0 Å². The van der Waals surface area contributed by atoms with E-state index < -0.39 is 25.4 Å². The van der Waals surface area contributed by atoms with E-state index in [-0.39, 0.29) is 5.69 Å². The first kappa shape index (κ1) is 15.1. The lowest BCUT2D eigenvalue weighted by molar-refractivity contribution is -0.384. The van der Waals surface area contributed by atoms with Gasteiger partial charge in [0.1, 0.15) is 0 Å². The van der Waals surface area contributed by atoms with E-state index in [0.717, 1.165) is 6.47 Å². The van der Waals surface area contributed by atoms with E-state index in [9.17, 15) is 23.3 Å². The van der Waals surface area contributed by atoms with Crippen LogP contribution in [0.3, 0.4) is 0 Å². The van der Waals surface area contributed by atoms with Crippen LogP contribution in [0, 0.1) is 10.1 Å². The molecule has 0 bridgehead atoms. The summed E-state index contributed by atoms with van der Waals surface area (Å²) in [6, 6.07) is 5.16. The zero-order valence-electron chi connectivity index (χ0n) is 10.3. The second-order valence-corrected chi connectivity index (χ2v) is 6.40. The summed E-state index contributed by atoms with van der Waals surface area (Å²) < 4.78 is 28.3. The summed E-state index contributed by atoms with van der Waals surface area (Å²) in [4.78, 5) is 20.0. The minimum Gasteiger partial charge on any atom is -0.438 e. The minimum absolute atomic E-state index is 0.126. The standard InChI is InChI=1S/C11H12NO6S/c1-8(19(16,17)9(2)18-7-13)10-3-5-11(6-4-10)12(14)15/h3-6,8-9H,1-2H3. The van der Waals surface area contributed by atoms with Crippen LogP contribution in [0.15, 0.2) is 24.3 Å². The number of nitro benzene ring substituents is 1. The van der Waals surface area contributed by atoms with E-state index in [1.807, 2.05) is 0 Å². The second kappa shape index (κ2) is 5.79. The van der Waals surface area contributed by atoms with E-state index in [4.69, 9.17) is 0 Å². The fraction of sp³-hybridized carbons (Fsp3) is 0.364. The van der Waals surface area contributed by atoms with Crippen molar-refractivity contribution in [2.75, 3.05) is 0 Å². The molecule has 2 atom stereocenters. The predicted molar refractivity (Wildman–Crippen MR) is 66.7 cm³/mol. The van der Waals surface area contributed by atoms with E-state index in [1.165, 1.54) is 38.1 Å². The Morgan fingerprint density at radius 1 is 1.26 bits per heavy atom. The summed E-state index contributed by atoms with van der Waals surface area (Å²) in [6.45, 7) is 3.73. The molecule has 2 unspecified atom stereocenters. The zero-order valence-corrected chi connectivity index (χ0v) is 11.1. The highest BCUT2D eigenvalue weighted by atomic mass is 32.2. The van der Waals surface area contributed by atoms with Crippen molar-refractivity contribution in [2.24, 2.45) is 0 Å².